The first kappa shape index (κ1) is 19.8. The second-order valence-electron chi connectivity index (χ2n) is 8.73. The number of benzene rings is 2. The third-order valence-corrected chi connectivity index (χ3v) is 6.22. The zero-order valence-electron chi connectivity index (χ0n) is 17.0. The Bertz CT molecular complexity index is 923. The van der Waals surface area contributed by atoms with Gasteiger partial charge in [-0.15, -0.1) is 0 Å². The van der Waals surface area contributed by atoms with Crippen LogP contribution in [0.4, 0.5) is 4.39 Å². The highest BCUT2D eigenvalue weighted by molar-refractivity contribution is 5.97. The first-order valence-corrected chi connectivity index (χ1v) is 10.3. The zero-order chi connectivity index (χ0) is 20.6. The van der Waals surface area contributed by atoms with Crippen molar-refractivity contribution in [1.82, 2.24) is 9.80 Å². The fourth-order valence-corrected chi connectivity index (χ4v) is 4.69. The number of carbonyl (C=O) groups excluding carboxylic acids is 2. The maximum absolute atomic E-state index is 13.0. The molecule has 2 aliphatic rings. The van der Waals surface area contributed by atoms with E-state index in [1.54, 1.807) is 0 Å². The Labute approximate surface area is 171 Å². The summed E-state index contributed by atoms with van der Waals surface area (Å²) in [7, 11) is 0. The second-order valence-corrected chi connectivity index (χ2v) is 8.73. The lowest BCUT2D eigenvalue weighted by Crippen LogP contribution is -2.55. The van der Waals surface area contributed by atoms with Gasteiger partial charge < -0.3 is 4.90 Å². The largest absolute Gasteiger partial charge is 0.339 e. The summed E-state index contributed by atoms with van der Waals surface area (Å²) in [6.07, 6.45) is 0.342. The minimum atomic E-state index is -0.369. The van der Waals surface area contributed by atoms with E-state index in [2.05, 4.69) is 43.0 Å². The summed E-state index contributed by atoms with van der Waals surface area (Å²) in [6, 6.07) is 14.2. The van der Waals surface area contributed by atoms with E-state index in [9.17, 15) is 14.0 Å². The molecule has 1 fully saturated rings. The van der Waals surface area contributed by atoms with E-state index in [1.807, 2.05) is 4.90 Å². The number of carbonyl (C=O) groups is 2. The lowest BCUT2D eigenvalue weighted by atomic mass is 9.75. The topological polar surface area (TPSA) is 40.6 Å². The number of Topliss-reactive ketones (excluding diaryl/α,β-unsaturated/α-hetero) is 1. The number of piperazine rings is 1. The standard InChI is InChI=1S/C24H27FN2O2/c1-24(2)16-27-14-13-26(15-21(27)19-5-3-4-6-20(19)24)23(29)12-11-22(28)17-7-9-18(25)10-8-17/h3-10,21H,11-16H2,1-2H3. The molecule has 0 aliphatic carbocycles. The van der Waals surface area contributed by atoms with E-state index in [-0.39, 0.29) is 41.8 Å². The van der Waals surface area contributed by atoms with Crippen LogP contribution in [0.3, 0.4) is 0 Å². The van der Waals surface area contributed by atoms with Gasteiger partial charge in [-0.2, -0.15) is 0 Å². The molecule has 1 unspecified atom stereocenters. The van der Waals surface area contributed by atoms with E-state index >= 15 is 0 Å². The van der Waals surface area contributed by atoms with Crippen LogP contribution in [-0.4, -0.2) is 47.7 Å². The Morgan fingerprint density at radius 3 is 2.52 bits per heavy atom. The molecule has 0 bridgehead atoms. The van der Waals surface area contributed by atoms with Crippen LogP contribution in [0, 0.1) is 5.82 Å². The van der Waals surface area contributed by atoms with Gasteiger partial charge in [-0.25, -0.2) is 4.39 Å². The highest BCUT2D eigenvalue weighted by atomic mass is 19.1. The Kier molecular flexibility index (Phi) is 5.26. The van der Waals surface area contributed by atoms with Crippen LogP contribution in [0.15, 0.2) is 48.5 Å². The van der Waals surface area contributed by atoms with Crippen LogP contribution in [0.1, 0.15) is 54.2 Å². The first-order chi connectivity index (χ1) is 13.8. The number of amides is 1. The lowest BCUT2D eigenvalue weighted by molar-refractivity contribution is -0.134. The number of halogens is 1. The number of hydrogen-bond acceptors (Lipinski definition) is 3. The smallest absolute Gasteiger partial charge is 0.223 e. The molecule has 2 heterocycles. The average Bonchev–Trinajstić information content (AvgIpc) is 2.72. The predicted molar refractivity (Wildman–Crippen MR) is 110 cm³/mol. The van der Waals surface area contributed by atoms with Crippen LogP contribution in [-0.2, 0) is 10.2 Å². The van der Waals surface area contributed by atoms with E-state index in [1.165, 1.54) is 35.4 Å². The highest BCUT2D eigenvalue weighted by Gasteiger charge is 2.40. The van der Waals surface area contributed by atoms with Crippen molar-refractivity contribution < 1.29 is 14.0 Å². The molecule has 5 heteroatoms. The maximum Gasteiger partial charge on any atom is 0.223 e. The summed E-state index contributed by atoms with van der Waals surface area (Å²) in [4.78, 5) is 29.5. The van der Waals surface area contributed by atoms with Gasteiger partial charge in [0.2, 0.25) is 5.91 Å². The van der Waals surface area contributed by atoms with Gasteiger partial charge in [0.05, 0.1) is 6.04 Å². The Balaban J connectivity index is 1.42. The van der Waals surface area contributed by atoms with Crippen molar-refractivity contribution in [2.45, 2.75) is 38.1 Å². The molecular weight excluding hydrogens is 367 g/mol. The predicted octanol–water partition coefficient (Wildman–Crippen LogP) is 3.97. The van der Waals surface area contributed by atoms with Crippen molar-refractivity contribution in [3.63, 3.8) is 0 Å². The van der Waals surface area contributed by atoms with Crippen LogP contribution >= 0.6 is 0 Å². The fourth-order valence-electron chi connectivity index (χ4n) is 4.69. The quantitative estimate of drug-likeness (QED) is 0.737. The molecule has 0 spiro atoms. The van der Waals surface area contributed by atoms with E-state index in [4.69, 9.17) is 0 Å². The van der Waals surface area contributed by atoms with Crippen molar-refractivity contribution in [3.05, 3.63) is 71.0 Å². The molecule has 2 aromatic rings. The van der Waals surface area contributed by atoms with Gasteiger partial charge in [0.25, 0.3) is 0 Å². The van der Waals surface area contributed by atoms with Crippen molar-refractivity contribution in [3.8, 4) is 0 Å². The monoisotopic (exact) mass is 394 g/mol. The van der Waals surface area contributed by atoms with Crippen LogP contribution in [0.5, 0.6) is 0 Å². The Morgan fingerprint density at radius 2 is 1.76 bits per heavy atom. The lowest BCUT2D eigenvalue weighted by Gasteiger charge is -2.50. The first-order valence-electron chi connectivity index (χ1n) is 10.3. The minimum Gasteiger partial charge on any atom is -0.339 e. The van der Waals surface area contributed by atoms with Crippen LogP contribution in [0.2, 0.25) is 0 Å². The van der Waals surface area contributed by atoms with Crippen molar-refractivity contribution >= 4 is 11.7 Å². The Morgan fingerprint density at radius 1 is 1.03 bits per heavy atom. The normalized spacial score (nSPS) is 20.7. The molecule has 2 aromatic carbocycles. The molecule has 4 rings (SSSR count). The SMILES string of the molecule is CC1(C)CN2CCN(C(=O)CCC(=O)c3ccc(F)cc3)CC2c2ccccc21. The summed E-state index contributed by atoms with van der Waals surface area (Å²) in [5.74, 6) is -0.476. The summed E-state index contributed by atoms with van der Waals surface area (Å²) in [6.45, 7) is 7.75. The van der Waals surface area contributed by atoms with Crippen molar-refractivity contribution in [2.75, 3.05) is 26.2 Å². The number of nitrogens with zero attached hydrogens (tertiary/aromatic N) is 2. The zero-order valence-corrected chi connectivity index (χ0v) is 17.0. The molecule has 2 aliphatic heterocycles. The molecule has 4 nitrogen and oxygen atoms in total. The summed E-state index contributed by atoms with van der Waals surface area (Å²) in [5.41, 5.74) is 3.22. The minimum absolute atomic E-state index is 0.0161. The number of fused-ring (bicyclic) bond motifs is 3. The molecule has 1 saturated heterocycles. The average molecular weight is 394 g/mol. The fraction of sp³-hybridized carbons (Fsp3) is 0.417. The van der Waals surface area contributed by atoms with Crippen molar-refractivity contribution in [1.29, 1.82) is 0 Å². The molecule has 1 amide bonds. The van der Waals surface area contributed by atoms with Crippen LogP contribution < -0.4 is 0 Å². The highest BCUT2D eigenvalue weighted by Crippen LogP contribution is 2.41. The van der Waals surface area contributed by atoms with Gasteiger partial charge in [0.15, 0.2) is 5.78 Å². The molecule has 1 atom stereocenters. The summed E-state index contributed by atoms with van der Waals surface area (Å²) < 4.78 is 13.0. The van der Waals surface area contributed by atoms with Gasteiger partial charge in [0.1, 0.15) is 5.82 Å². The van der Waals surface area contributed by atoms with Gasteiger partial charge >= 0.3 is 0 Å². The number of ketones is 1. The van der Waals surface area contributed by atoms with Gasteiger partial charge in [0, 0.05) is 50.0 Å². The van der Waals surface area contributed by atoms with Gasteiger partial charge in [-0.1, -0.05) is 38.1 Å². The maximum atomic E-state index is 13.0. The molecule has 29 heavy (non-hydrogen) atoms. The van der Waals surface area contributed by atoms with Gasteiger partial charge in [-0.3, -0.25) is 14.5 Å². The molecule has 0 N–H and O–H groups in total. The van der Waals surface area contributed by atoms with Gasteiger partial charge in [-0.05, 0) is 35.4 Å². The third kappa shape index (κ3) is 3.97. The molecule has 0 aromatic heterocycles. The number of rotatable bonds is 4. The second kappa shape index (κ2) is 7.71. The number of hydrogen-bond donors (Lipinski definition) is 0. The van der Waals surface area contributed by atoms with Crippen LogP contribution in [0.25, 0.3) is 0 Å². The third-order valence-electron chi connectivity index (χ3n) is 6.22. The van der Waals surface area contributed by atoms with E-state index in [0.717, 1.165) is 13.1 Å². The summed E-state index contributed by atoms with van der Waals surface area (Å²) >= 11 is 0. The van der Waals surface area contributed by atoms with Crippen molar-refractivity contribution in [2.24, 2.45) is 0 Å². The molecule has 0 radical (unpaired) electrons. The van der Waals surface area contributed by atoms with E-state index < -0.39 is 0 Å². The van der Waals surface area contributed by atoms with E-state index in [0.29, 0.717) is 18.7 Å². The summed E-state index contributed by atoms with van der Waals surface area (Å²) in [5, 5.41) is 0. The Hall–Kier alpha value is -2.53. The molecular formula is C24H27FN2O2. The molecule has 152 valence electrons. The molecule has 0 saturated carbocycles.